The van der Waals surface area contributed by atoms with Gasteiger partial charge >= 0.3 is 6.36 Å². The van der Waals surface area contributed by atoms with Crippen LogP contribution in [-0.2, 0) is 14.3 Å². The topological polar surface area (TPSA) is 66.4 Å². The molecular weight excluding hydrogens is 241 g/mol. The molecule has 0 heterocycles. The van der Waals surface area contributed by atoms with Gasteiger partial charge in [-0.15, -0.1) is 13.2 Å². The zero-order valence-electron chi connectivity index (χ0n) is 9.34. The molecule has 7 heteroatoms. The minimum Gasteiger partial charge on any atom is -0.549 e. The van der Waals surface area contributed by atoms with Crippen molar-refractivity contribution >= 4 is 11.8 Å². The van der Waals surface area contributed by atoms with Crippen molar-refractivity contribution in [3.05, 3.63) is 11.8 Å². The van der Waals surface area contributed by atoms with Crippen molar-refractivity contribution in [2.45, 2.75) is 27.1 Å². The maximum absolute atomic E-state index is 11.9. The molecule has 96 valence electrons. The molecule has 1 aliphatic rings. The molecule has 0 aromatic carbocycles. The fourth-order valence-electron chi connectivity index (χ4n) is 1.81. The third-order valence-electron chi connectivity index (χ3n) is 2.87. The maximum atomic E-state index is 11.9. The fraction of sp³-hybridized carbons (Fsp3) is 0.600. The van der Waals surface area contributed by atoms with E-state index in [-0.39, 0.29) is 0 Å². The third-order valence-corrected chi connectivity index (χ3v) is 2.87. The van der Waals surface area contributed by atoms with Crippen LogP contribution in [0, 0.1) is 10.8 Å². The van der Waals surface area contributed by atoms with E-state index in [4.69, 9.17) is 0 Å². The number of ketones is 1. The van der Waals surface area contributed by atoms with Gasteiger partial charge in [0.1, 0.15) is 11.2 Å². The number of allylic oxidation sites excluding steroid dienone is 1. The molecule has 0 aromatic heterocycles. The summed E-state index contributed by atoms with van der Waals surface area (Å²) in [6, 6.07) is 0. The van der Waals surface area contributed by atoms with Crippen LogP contribution in [0.1, 0.15) is 20.8 Å². The van der Waals surface area contributed by atoms with Crippen LogP contribution in [0.3, 0.4) is 0 Å². The van der Waals surface area contributed by atoms with Crippen LogP contribution < -0.4 is 5.11 Å². The Hall–Kier alpha value is -1.53. The molecule has 1 atom stereocenters. The summed E-state index contributed by atoms with van der Waals surface area (Å²) in [5, 5.41) is 10.9. The summed E-state index contributed by atoms with van der Waals surface area (Å²) < 4.78 is 39.2. The van der Waals surface area contributed by atoms with Crippen molar-refractivity contribution in [1.29, 1.82) is 0 Å². The average molecular weight is 251 g/mol. The highest BCUT2D eigenvalue weighted by molar-refractivity contribution is 6.23. The molecule has 1 rings (SSSR count). The van der Waals surface area contributed by atoms with E-state index < -0.39 is 34.7 Å². The lowest BCUT2D eigenvalue weighted by molar-refractivity contribution is -0.314. The van der Waals surface area contributed by atoms with Gasteiger partial charge in [0.15, 0.2) is 5.78 Å². The van der Waals surface area contributed by atoms with Gasteiger partial charge in [0.05, 0.1) is 5.97 Å². The van der Waals surface area contributed by atoms with Gasteiger partial charge in [-0.1, -0.05) is 13.8 Å². The number of hydrogen-bond donors (Lipinski definition) is 0. The van der Waals surface area contributed by atoms with Crippen molar-refractivity contribution in [2.24, 2.45) is 10.8 Å². The van der Waals surface area contributed by atoms with Crippen LogP contribution in [0.5, 0.6) is 0 Å². The van der Waals surface area contributed by atoms with E-state index in [0.29, 0.717) is 6.08 Å². The average Bonchev–Trinajstić information content (AvgIpc) is 2.47. The van der Waals surface area contributed by atoms with E-state index in [1.165, 1.54) is 13.8 Å². The van der Waals surface area contributed by atoms with Crippen molar-refractivity contribution in [3.63, 3.8) is 0 Å². The van der Waals surface area contributed by atoms with E-state index in [1.54, 1.807) is 0 Å². The molecule has 0 spiro atoms. The predicted molar refractivity (Wildman–Crippen MR) is 47.1 cm³/mol. The second-order valence-corrected chi connectivity index (χ2v) is 4.35. The largest absolute Gasteiger partial charge is 0.572 e. The summed E-state index contributed by atoms with van der Waals surface area (Å²) in [4.78, 5) is 22.3. The predicted octanol–water partition coefficient (Wildman–Crippen LogP) is 0.772. The second-order valence-electron chi connectivity index (χ2n) is 4.35. The van der Waals surface area contributed by atoms with Crippen LogP contribution in [0.25, 0.3) is 0 Å². The van der Waals surface area contributed by atoms with Gasteiger partial charge in [-0.3, -0.25) is 4.79 Å². The van der Waals surface area contributed by atoms with Gasteiger partial charge in [-0.05, 0) is 13.0 Å². The van der Waals surface area contributed by atoms with Gasteiger partial charge in [-0.2, -0.15) is 0 Å². The van der Waals surface area contributed by atoms with E-state index in [1.807, 2.05) is 0 Å². The fourth-order valence-corrected chi connectivity index (χ4v) is 1.81. The number of aliphatic carboxylic acids is 1. The molecule has 0 aromatic rings. The molecule has 1 saturated carbocycles. The summed E-state index contributed by atoms with van der Waals surface area (Å²) in [6.07, 6.45) is -4.27. The molecule has 1 unspecified atom stereocenters. The second kappa shape index (κ2) is 3.48. The molecule has 0 saturated heterocycles. The first kappa shape index (κ1) is 13.5. The zero-order valence-corrected chi connectivity index (χ0v) is 9.34. The summed E-state index contributed by atoms with van der Waals surface area (Å²) in [7, 11) is 0. The van der Waals surface area contributed by atoms with Crippen molar-refractivity contribution in [3.8, 4) is 0 Å². The highest BCUT2D eigenvalue weighted by Gasteiger charge is 2.71. The summed E-state index contributed by atoms with van der Waals surface area (Å²) in [5.41, 5.74) is -3.30. The molecule has 17 heavy (non-hydrogen) atoms. The van der Waals surface area contributed by atoms with Gasteiger partial charge in [0, 0.05) is 5.41 Å². The number of carboxylic acids is 1. The molecule has 0 N–H and O–H groups in total. The Balaban J connectivity index is 3.04. The van der Waals surface area contributed by atoms with E-state index in [9.17, 15) is 27.9 Å². The van der Waals surface area contributed by atoms with Crippen LogP contribution in [0.15, 0.2) is 11.8 Å². The molecule has 0 bridgehead atoms. The molecular formula is C10H10F3O4-. The number of carbonyl (C=O) groups excluding carboxylic acids is 2. The number of ether oxygens (including phenoxy) is 1. The van der Waals surface area contributed by atoms with Crippen molar-refractivity contribution in [2.75, 3.05) is 0 Å². The van der Waals surface area contributed by atoms with Crippen LogP contribution >= 0.6 is 0 Å². The van der Waals surface area contributed by atoms with Gasteiger partial charge in [0.25, 0.3) is 0 Å². The van der Waals surface area contributed by atoms with Crippen LogP contribution in [-0.4, -0.2) is 18.1 Å². The number of hydrogen-bond acceptors (Lipinski definition) is 4. The van der Waals surface area contributed by atoms with Gasteiger partial charge < -0.3 is 14.6 Å². The first-order valence-electron chi connectivity index (χ1n) is 4.66. The molecule has 0 radical (unpaired) electrons. The van der Waals surface area contributed by atoms with E-state index >= 15 is 0 Å². The van der Waals surface area contributed by atoms with E-state index in [0.717, 1.165) is 6.92 Å². The van der Waals surface area contributed by atoms with E-state index in [2.05, 4.69) is 4.74 Å². The standard InChI is InChI=1S/C10H11F3O4/c1-5(17-10(11,12)13)4-9(7(15)16)6(14)8(9,2)3/h4H,1-3H3,(H,15,16)/p-1. The molecule has 0 aliphatic heterocycles. The third kappa shape index (κ3) is 2.01. The number of Topliss-reactive ketones (excluding diaryl/α,β-unsaturated/α-hetero) is 1. The Bertz CT molecular complexity index is 408. The molecule has 1 fully saturated rings. The zero-order chi connectivity index (χ0) is 13.6. The lowest BCUT2D eigenvalue weighted by atomic mass is 9.95. The van der Waals surface area contributed by atoms with Gasteiger partial charge in [0.2, 0.25) is 0 Å². The summed E-state index contributed by atoms with van der Waals surface area (Å²) in [6.45, 7) is 3.57. The monoisotopic (exact) mass is 251 g/mol. The summed E-state index contributed by atoms with van der Waals surface area (Å²) >= 11 is 0. The Morgan fingerprint density at radius 3 is 2.06 bits per heavy atom. The van der Waals surface area contributed by atoms with Crippen molar-refractivity contribution < 1.29 is 32.6 Å². The molecule has 4 nitrogen and oxygen atoms in total. The SMILES string of the molecule is CC(=CC1(C(=O)[O-])C(=O)C1(C)C)OC(F)(F)F. The van der Waals surface area contributed by atoms with Crippen LogP contribution in [0.4, 0.5) is 13.2 Å². The number of halogens is 3. The highest BCUT2D eigenvalue weighted by Crippen LogP contribution is 2.60. The van der Waals surface area contributed by atoms with Crippen molar-refractivity contribution in [1.82, 2.24) is 0 Å². The number of carboxylic acid groups (broad SMARTS) is 1. The lowest BCUT2D eigenvalue weighted by Gasteiger charge is -2.16. The number of rotatable bonds is 3. The first-order valence-corrected chi connectivity index (χ1v) is 4.66. The van der Waals surface area contributed by atoms with Crippen LogP contribution in [0.2, 0.25) is 0 Å². The smallest absolute Gasteiger partial charge is 0.549 e. The molecule has 0 amide bonds. The maximum Gasteiger partial charge on any atom is 0.572 e. The first-order chi connectivity index (χ1) is 7.45. The number of alkyl halides is 3. The Labute approximate surface area is 95.1 Å². The normalized spacial score (nSPS) is 27.9. The quantitative estimate of drug-likeness (QED) is 0.549. The Morgan fingerprint density at radius 1 is 1.41 bits per heavy atom. The Kier molecular flexibility index (Phi) is 2.77. The Morgan fingerprint density at radius 2 is 1.82 bits per heavy atom. The number of carbonyl (C=O) groups is 2. The lowest BCUT2D eigenvalue weighted by Crippen LogP contribution is -2.35. The molecule has 1 aliphatic carbocycles. The minimum atomic E-state index is -4.92. The minimum absolute atomic E-state index is 0.651. The highest BCUT2D eigenvalue weighted by atomic mass is 19.4. The van der Waals surface area contributed by atoms with Gasteiger partial charge in [-0.25, -0.2) is 0 Å². The summed E-state index contributed by atoms with van der Waals surface area (Å²) in [5.74, 6) is -3.12.